The zero-order valence-corrected chi connectivity index (χ0v) is 7.53. The first kappa shape index (κ1) is 8.53. The summed E-state index contributed by atoms with van der Waals surface area (Å²) >= 11 is 0. The summed E-state index contributed by atoms with van der Waals surface area (Å²) < 4.78 is 16.1. The minimum Gasteiger partial charge on any atom is -0.439 e. The van der Waals surface area contributed by atoms with Crippen molar-refractivity contribution in [2.45, 2.75) is 12.9 Å². The Bertz CT molecular complexity index is 265. The topological polar surface area (TPSA) is 27.7 Å². The average molecular weight is 180 g/mol. The molecule has 0 aromatic heterocycles. The van der Waals surface area contributed by atoms with Crippen LogP contribution in [0.15, 0.2) is 30.3 Å². The molecule has 1 aliphatic heterocycles. The van der Waals surface area contributed by atoms with Gasteiger partial charge in [0.25, 0.3) is 0 Å². The molecule has 13 heavy (non-hydrogen) atoms. The van der Waals surface area contributed by atoms with Gasteiger partial charge in [0, 0.05) is 6.92 Å². The molecule has 0 bridgehead atoms. The third-order valence-electron chi connectivity index (χ3n) is 1.86. The second-order valence-electron chi connectivity index (χ2n) is 2.97. The molecule has 0 N–H and O–H groups in total. The number of hydrogen-bond donors (Lipinski definition) is 0. The first-order chi connectivity index (χ1) is 6.29. The number of benzene rings is 1. The van der Waals surface area contributed by atoms with Gasteiger partial charge in [0.2, 0.25) is 0 Å². The minimum atomic E-state index is -0.901. The zero-order valence-electron chi connectivity index (χ0n) is 7.53. The van der Waals surface area contributed by atoms with E-state index in [1.54, 1.807) is 6.92 Å². The van der Waals surface area contributed by atoms with E-state index in [1.807, 2.05) is 30.3 Å². The number of rotatable bonds is 2. The maximum atomic E-state index is 5.52. The van der Waals surface area contributed by atoms with Gasteiger partial charge in [-0.25, -0.2) is 0 Å². The molecular formula is C10H12O3. The van der Waals surface area contributed by atoms with Crippen molar-refractivity contribution in [1.82, 2.24) is 0 Å². The van der Waals surface area contributed by atoms with Crippen LogP contribution in [0, 0.1) is 0 Å². The highest BCUT2D eigenvalue weighted by Crippen LogP contribution is 2.23. The Morgan fingerprint density at radius 3 is 2.38 bits per heavy atom. The first-order valence-electron chi connectivity index (χ1n) is 4.30. The largest absolute Gasteiger partial charge is 0.439 e. The second kappa shape index (κ2) is 3.36. The Morgan fingerprint density at radius 2 is 1.77 bits per heavy atom. The molecule has 0 amide bonds. The van der Waals surface area contributed by atoms with Gasteiger partial charge in [-0.05, 0) is 12.1 Å². The molecule has 1 saturated heterocycles. The Kier molecular flexibility index (Phi) is 2.20. The molecule has 1 aliphatic rings. The summed E-state index contributed by atoms with van der Waals surface area (Å²) in [5.74, 6) is -0.145. The molecule has 1 aromatic rings. The van der Waals surface area contributed by atoms with Gasteiger partial charge in [0.1, 0.15) is 5.75 Å². The monoisotopic (exact) mass is 180 g/mol. The van der Waals surface area contributed by atoms with Crippen LogP contribution in [0.3, 0.4) is 0 Å². The van der Waals surface area contributed by atoms with Crippen LogP contribution in [0.1, 0.15) is 6.92 Å². The summed E-state index contributed by atoms with van der Waals surface area (Å²) in [5, 5.41) is 0. The van der Waals surface area contributed by atoms with E-state index in [2.05, 4.69) is 0 Å². The number of hydrogen-bond acceptors (Lipinski definition) is 3. The van der Waals surface area contributed by atoms with Crippen LogP contribution in [-0.4, -0.2) is 19.2 Å². The lowest BCUT2D eigenvalue weighted by molar-refractivity contribution is -0.272. The van der Waals surface area contributed by atoms with Crippen LogP contribution in [0.2, 0.25) is 0 Å². The van der Waals surface area contributed by atoms with E-state index in [9.17, 15) is 0 Å². The molecule has 0 aliphatic carbocycles. The van der Waals surface area contributed by atoms with Crippen molar-refractivity contribution in [2.24, 2.45) is 0 Å². The van der Waals surface area contributed by atoms with Crippen molar-refractivity contribution < 1.29 is 14.2 Å². The fourth-order valence-electron chi connectivity index (χ4n) is 1.26. The van der Waals surface area contributed by atoms with Crippen LogP contribution in [-0.2, 0) is 9.47 Å². The van der Waals surface area contributed by atoms with E-state index in [0.717, 1.165) is 5.75 Å². The molecule has 0 saturated carbocycles. The smallest absolute Gasteiger partial charge is 0.324 e. The van der Waals surface area contributed by atoms with Crippen molar-refractivity contribution in [3.63, 3.8) is 0 Å². The zero-order chi connectivity index (χ0) is 9.15. The Labute approximate surface area is 77.2 Å². The van der Waals surface area contributed by atoms with E-state index in [4.69, 9.17) is 14.2 Å². The molecule has 1 aromatic carbocycles. The second-order valence-corrected chi connectivity index (χ2v) is 2.97. The van der Waals surface area contributed by atoms with Crippen molar-refractivity contribution >= 4 is 0 Å². The molecular weight excluding hydrogens is 168 g/mol. The van der Waals surface area contributed by atoms with Crippen LogP contribution in [0.5, 0.6) is 5.75 Å². The molecule has 1 fully saturated rings. The van der Waals surface area contributed by atoms with Gasteiger partial charge in [0.15, 0.2) is 0 Å². The summed E-state index contributed by atoms with van der Waals surface area (Å²) in [6, 6.07) is 9.50. The van der Waals surface area contributed by atoms with Crippen molar-refractivity contribution in [3.8, 4) is 5.75 Å². The molecule has 0 atom stereocenters. The summed E-state index contributed by atoms with van der Waals surface area (Å²) in [5.41, 5.74) is 0. The van der Waals surface area contributed by atoms with E-state index in [-0.39, 0.29) is 0 Å². The Morgan fingerprint density at radius 1 is 1.15 bits per heavy atom. The minimum absolute atomic E-state index is 0.587. The first-order valence-corrected chi connectivity index (χ1v) is 4.30. The van der Waals surface area contributed by atoms with Gasteiger partial charge in [-0.2, -0.15) is 0 Å². The fourth-order valence-corrected chi connectivity index (χ4v) is 1.26. The maximum absolute atomic E-state index is 5.52. The van der Waals surface area contributed by atoms with E-state index < -0.39 is 5.97 Å². The molecule has 1 heterocycles. The highest BCUT2D eigenvalue weighted by atomic mass is 16.9. The lowest BCUT2D eigenvalue weighted by atomic mass is 10.3. The number of para-hydroxylation sites is 1. The van der Waals surface area contributed by atoms with E-state index in [0.29, 0.717) is 13.2 Å². The summed E-state index contributed by atoms with van der Waals surface area (Å²) in [6.45, 7) is 2.94. The van der Waals surface area contributed by atoms with Crippen molar-refractivity contribution in [1.29, 1.82) is 0 Å². The van der Waals surface area contributed by atoms with Gasteiger partial charge in [-0.3, -0.25) is 0 Å². The van der Waals surface area contributed by atoms with Gasteiger partial charge >= 0.3 is 5.97 Å². The normalized spacial score (nSPS) is 20.1. The molecule has 0 radical (unpaired) electrons. The standard InChI is InChI=1S/C10H12O3/c1-10(11-7-8-12-10)13-9-5-3-2-4-6-9/h2-6H,7-8H2,1H3. The summed E-state index contributed by atoms with van der Waals surface area (Å²) in [4.78, 5) is 0. The van der Waals surface area contributed by atoms with Crippen LogP contribution in [0.25, 0.3) is 0 Å². The number of ether oxygens (including phenoxy) is 3. The third kappa shape index (κ3) is 1.99. The molecule has 0 unspecified atom stereocenters. The molecule has 3 heteroatoms. The van der Waals surface area contributed by atoms with Crippen LogP contribution in [0.4, 0.5) is 0 Å². The molecule has 0 spiro atoms. The van der Waals surface area contributed by atoms with Gasteiger partial charge in [-0.15, -0.1) is 0 Å². The molecule has 70 valence electrons. The van der Waals surface area contributed by atoms with E-state index >= 15 is 0 Å². The maximum Gasteiger partial charge on any atom is 0.324 e. The van der Waals surface area contributed by atoms with E-state index in [1.165, 1.54) is 0 Å². The SMILES string of the molecule is CC1(Oc2ccccc2)OCCO1. The lowest BCUT2D eigenvalue weighted by Gasteiger charge is -2.22. The predicted octanol–water partition coefficient (Wildman–Crippen LogP) is 1.79. The third-order valence-corrected chi connectivity index (χ3v) is 1.86. The predicted molar refractivity (Wildman–Crippen MR) is 47.4 cm³/mol. The highest BCUT2D eigenvalue weighted by molar-refractivity contribution is 5.21. The van der Waals surface area contributed by atoms with Crippen molar-refractivity contribution in [2.75, 3.05) is 13.2 Å². The highest BCUT2D eigenvalue weighted by Gasteiger charge is 2.33. The quantitative estimate of drug-likeness (QED) is 0.694. The van der Waals surface area contributed by atoms with Gasteiger partial charge in [0.05, 0.1) is 13.2 Å². The van der Waals surface area contributed by atoms with Crippen molar-refractivity contribution in [3.05, 3.63) is 30.3 Å². The lowest BCUT2D eigenvalue weighted by Crippen LogP contribution is -2.32. The fraction of sp³-hybridized carbons (Fsp3) is 0.400. The summed E-state index contributed by atoms with van der Waals surface area (Å²) in [7, 11) is 0. The van der Waals surface area contributed by atoms with Gasteiger partial charge < -0.3 is 14.2 Å². The molecule has 3 nitrogen and oxygen atoms in total. The van der Waals surface area contributed by atoms with Crippen LogP contribution < -0.4 is 4.74 Å². The Balaban J connectivity index is 2.05. The average Bonchev–Trinajstić information content (AvgIpc) is 2.54. The Hall–Kier alpha value is -1.06. The molecule has 2 rings (SSSR count). The van der Waals surface area contributed by atoms with Gasteiger partial charge in [-0.1, -0.05) is 18.2 Å². The van der Waals surface area contributed by atoms with Crippen LogP contribution >= 0.6 is 0 Å². The summed E-state index contributed by atoms with van der Waals surface area (Å²) in [6.07, 6.45) is 0.